The zero-order valence-corrected chi connectivity index (χ0v) is 21.8. The van der Waals surface area contributed by atoms with E-state index in [1.807, 2.05) is 41.0 Å². The van der Waals surface area contributed by atoms with Gasteiger partial charge < -0.3 is 4.57 Å². The van der Waals surface area contributed by atoms with Crippen molar-refractivity contribution in [3.05, 3.63) is 125 Å². The normalized spacial score (nSPS) is 13.7. The molecule has 198 valence electrons. The minimum atomic E-state index is -2.18. The molecule has 1 heterocycles. The Labute approximate surface area is 227 Å². The quantitative estimate of drug-likeness (QED) is 0.117. The Morgan fingerprint density at radius 1 is 0.550 bits per heavy atom. The number of hydrogen-bond acceptors (Lipinski definition) is 0. The first-order valence-corrected chi connectivity index (χ1v) is 12.9. The van der Waals surface area contributed by atoms with Crippen molar-refractivity contribution < 1.29 is 22.0 Å². The molecule has 0 fully saturated rings. The summed E-state index contributed by atoms with van der Waals surface area (Å²) in [6.07, 6.45) is 0. The molecule has 0 spiro atoms. The number of nitrogens with zero attached hydrogens (tertiary/aromatic N) is 1. The van der Waals surface area contributed by atoms with Crippen LogP contribution in [-0.4, -0.2) is 4.57 Å². The number of aryl methyl sites for hydroxylation is 1. The highest BCUT2D eigenvalue weighted by Crippen LogP contribution is 2.51. The molecule has 1 aromatic heterocycles. The SMILES string of the molecule is Cc1cccc(-c2c(F)c(F)c(F)c(F)c2F)c1-n1c2ccccc2c2cc3c(cc21)C(C)(C)c1ccccc1-3. The van der Waals surface area contributed by atoms with Crippen LogP contribution in [0.1, 0.15) is 30.5 Å². The molecule has 0 N–H and O–H groups in total. The fourth-order valence-corrected chi connectivity index (χ4v) is 6.40. The molecule has 5 aromatic carbocycles. The van der Waals surface area contributed by atoms with E-state index in [9.17, 15) is 13.2 Å². The van der Waals surface area contributed by atoms with Crippen molar-refractivity contribution in [2.24, 2.45) is 0 Å². The number of hydrogen-bond donors (Lipinski definition) is 0. The molecular formula is C34H22F5N. The lowest BCUT2D eigenvalue weighted by Gasteiger charge is -2.22. The molecule has 0 bridgehead atoms. The summed E-state index contributed by atoms with van der Waals surface area (Å²) in [5.74, 6) is -9.84. The summed E-state index contributed by atoms with van der Waals surface area (Å²) in [7, 11) is 0. The van der Waals surface area contributed by atoms with Crippen molar-refractivity contribution in [3.8, 4) is 27.9 Å². The Morgan fingerprint density at radius 2 is 1.18 bits per heavy atom. The maximum Gasteiger partial charge on any atom is 0.200 e. The number of aromatic nitrogens is 1. The summed E-state index contributed by atoms with van der Waals surface area (Å²) in [4.78, 5) is 0. The predicted molar refractivity (Wildman–Crippen MR) is 148 cm³/mol. The standard InChI is InChI=1S/C34H22F5N/c1-17-9-8-12-20(27-28(35)30(37)32(39)31(38)29(27)36)33(17)40-25-14-7-5-11-19(25)22-15-21-18-10-4-6-13-23(18)34(2,3)24(21)16-26(22)40/h4-16H,1-3H3. The molecule has 0 saturated carbocycles. The van der Waals surface area contributed by atoms with Gasteiger partial charge in [0.25, 0.3) is 0 Å². The number of rotatable bonds is 2. The topological polar surface area (TPSA) is 4.93 Å². The van der Waals surface area contributed by atoms with Crippen molar-refractivity contribution in [1.82, 2.24) is 4.57 Å². The van der Waals surface area contributed by atoms with E-state index >= 15 is 8.78 Å². The summed E-state index contributed by atoms with van der Waals surface area (Å²) in [6.45, 7) is 6.08. The highest BCUT2D eigenvalue weighted by Gasteiger charge is 2.36. The van der Waals surface area contributed by atoms with E-state index in [0.29, 0.717) is 11.3 Å². The molecule has 6 aromatic rings. The van der Waals surface area contributed by atoms with Crippen LogP contribution in [0.2, 0.25) is 0 Å². The van der Waals surface area contributed by atoms with Crippen LogP contribution in [0.3, 0.4) is 0 Å². The van der Waals surface area contributed by atoms with Gasteiger partial charge in [0.1, 0.15) is 0 Å². The van der Waals surface area contributed by atoms with Crippen molar-refractivity contribution >= 4 is 21.8 Å². The second-order valence-corrected chi connectivity index (χ2v) is 10.9. The van der Waals surface area contributed by atoms with E-state index in [4.69, 9.17) is 0 Å². The Kier molecular flexibility index (Phi) is 5.09. The van der Waals surface area contributed by atoms with Gasteiger partial charge in [0.05, 0.1) is 22.3 Å². The van der Waals surface area contributed by atoms with Gasteiger partial charge in [-0.05, 0) is 52.9 Å². The second kappa shape index (κ2) is 8.28. The molecule has 1 nitrogen and oxygen atoms in total. The third-order valence-corrected chi connectivity index (χ3v) is 8.32. The van der Waals surface area contributed by atoms with Crippen molar-refractivity contribution in [2.75, 3.05) is 0 Å². The van der Waals surface area contributed by atoms with Crippen LogP contribution in [0, 0.1) is 36.0 Å². The lowest BCUT2D eigenvalue weighted by Crippen LogP contribution is -2.15. The monoisotopic (exact) mass is 539 g/mol. The molecule has 0 atom stereocenters. The first kappa shape index (κ1) is 24.6. The van der Waals surface area contributed by atoms with E-state index in [0.717, 1.165) is 38.5 Å². The first-order valence-electron chi connectivity index (χ1n) is 12.9. The molecule has 0 saturated heterocycles. The van der Waals surface area contributed by atoms with Gasteiger partial charge in [-0.15, -0.1) is 0 Å². The molecule has 7 rings (SSSR count). The van der Waals surface area contributed by atoms with Crippen molar-refractivity contribution in [1.29, 1.82) is 0 Å². The second-order valence-electron chi connectivity index (χ2n) is 10.9. The smallest absolute Gasteiger partial charge is 0.200 e. The lowest BCUT2D eigenvalue weighted by atomic mass is 9.82. The Morgan fingerprint density at radius 3 is 1.93 bits per heavy atom. The Hall–Kier alpha value is -4.45. The molecule has 1 aliphatic carbocycles. The number of para-hydroxylation sites is 2. The van der Waals surface area contributed by atoms with E-state index < -0.39 is 34.6 Å². The average Bonchev–Trinajstić information content (AvgIpc) is 3.39. The third-order valence-electron chi connectivity index (χ3n) is 8.32. The highest BCUT2D eigenvalue weighted by molar-refractivity contribution is 6.12. The highest BCUT2D eigenvalue weighted by atomic mass is 19.2. The van der Waals surface area contributed by atoms with Gasteiger partial charge in [-0.1, -0.05) is 74.5 Å². The summed E-state index contributed by atoms with van der Waals surface area (Å²) in [5.41, 5.74) is 5.72. The number of halogens is 5. The summed E-state index contributed by atoms with van der Waals surface area (Å²) in [5, 5.41) is 1.84. The van der Waals surface area contributed by atoms with Crippen LogP contribution in [-0.2, 0) is 5.41 Å². The maximum absolute atomic E-state index is 15.2. The van der Waals surface area contributed by atoms with Crippen LogP contribution < -0.4 is 0 Å². The van der Waals surface area contributed by atoms with E-state index in [1.165, 1.54) is 11.6 Å². The molecule has 0 unspecified atom stereocenters. The Bertz CT molecular complexity index is 2020. The Balaban J connectivity index is 1.64. The minimum absolute atomic E-state index is 0.0847. The molecule has 6 heteroatoms. The average molecular weight is 540 g/mol. The largest absolute Gasteiger partial charge is 0.308 e. The molecule has 1 aliphatic rings. The van der Waals surface area contributed by atoms with Crippen LogP contribution >= 0.6 is 0 Å². The lowest BCUT2D eigenvalue weighted by molar-refractivity contribution is 0.381. The number of fused-ring (bicyclic) bond motifs is 6. The molecule has 0 amide bonds. The van der Waals surface area contributed by atoms with Gasteiger partial charge >= 0.3 is 0 Å². The molecule has 40 heavy (non-hydrogen) atoms. The van der Waals surface area contributed by atoms with Gasteiger partial charge in [-0.2, -0.15) is 0 Å². The minimum Gasteiger partial charge on any atom is -0.308 e. The summed E-state index contributed by atoms with van der Waals surface area (Å²) < 4.78 is 74.9. The van der Waals surface area contributed by atoms with E-state index in [2.05, 4.69) is 38.1 Å². The third kappa shape index (κ3) is 3.07. The van der Waals surface area contributed by atoms with E-state index in [1.54, 1.807) is 19.1 Å². The van der Waals surface area contributed by atoms with Gasteiger partial charge in [-0.3, -0.25) is 0 Å². The molecule has 0 aliphatic heterocycles. The van der Waals surface area contributed by atoms with Crippen LogP contribution in [0.4, 0.5) is 22.0 Å². The number of benzene rings is 5. The first-order chi connectivity index (χ1) is 19.1. The summed E-state index contributed by atoms with van der Waals surface area (Å²) >= 11 is 0. The van der Waals surface area contributed by atoms with Gasteiger partial charge in [0, 0.05) is 21.8 Å². The van der Waals surface area contributed by atoms with Crippen LogP contribution in [0.25, 0.3) is 49.7 Å². The van der Waals surface area contributed by atoms with Gasteiger partial charge in [0.15, 0.2) is 23.3 Å². The maximum atomic E-state index is 15.2. The fraction of sp³-hybridized carbons (Fsp3) is 0.118. The molecular weight excluding hydrogens is 517 g/mol. The zero-order valence-electron chi connectivity index (χ0n) is 21.8. The van der Waals surface area contributed by atoms with Crippen molar-refractivity contribution in [3.63, 3.8) is 0 Å². The molecule has 0 radical (unpaired) electrons. The van der Waals surface area contributed by atoms with Gasteiger partial charge in [0.2, 0.25) is 5.82 Å². The zero-order chi connectivity index (χ0) is 28.1. The summed E-state index contributed by atoms with van der Waals surface area (Å²) in [6, 6.07) is 24.9. The van der Waals surface area contributed by atoms with Crippen LogP contribution in [0.5, 0.6) is 0 Å². The van der Waals surface area contributed by atoms with E-state index in [-0.39, 0.29) is 11.0 Å². The van der Waals surface area contributed by atoms with Gasteiger partial charge in [-0.25, -0.2) is 22.0 Å². The fourth-order valence-electron chi connectivity index (χ4n) is 6.40. The van der Waals surface area contributed by atoms with Crippen molar-refractivity contribution in [2.45, 2.75) is 26.2 Å². The predicted octanol–water partition coefficient (Wildman–Crippen LogP) is 9.76. The van der Waals surface area contributed by atoms with Crippen LogP contribution in [0.15, 0.2) is 78.9 Å².